The Balaban J connectivity index is 1.62. The number of pyridine rings is 1. The van der Waals surface area contributed by atoms with Gasteiger partial charge in [-0.25, -0.2) is 14.6 Å². The molecule has 0 spiro atoms. The van der Waals surface area contributed by atoms with E-state index in [1.54, 1.807) is 22.2 Å². The van der Waals surface area contributed by atoms with E-state index in [1.165, 1.54) is 11.1 Å². The first kappa shape index (κ1) is 16.6. The molecule has 0 bridgehead atoms. The third-order valence-corrected chi connectivity index (χ3v) is 6.35. The number of aromatic nitrogens is 5. The molecule has 0 saturated heterocycles. The lowest BCUT2D eigenvalue weighted by Crippen LogP contribution is -2.06. The van der Waals surface area contributed by atoms with Gasteiger partial charge in [0.1, 0.15) is 5.52 Å². The van der Waals surface area contributed by atoms with Crippen LogP contribution in [-0.2, 0) is 6.42 Å². The molecule has 0 aliphatic heterocycles. The van der Waals surface area contributed by atoms with Gasteiger partial charge in [-0.1, -0.05) is 12.1 Å². The lowest BCUT2D eigenvalue weighted by Gasteiger charge is -2.11. The van der Waals surface area contributed by atoms with E-state index in [4.69, 9.17) is 15.7 Å². The van der Waals surface area contributed by atoms with Crippen LogP contribution in [0.15, 0.2) is 66.3 Å². The summed E-state index contributed by atoms with van der Waals surface area (Å²) in [6.45, 7) is 0. The minimum atomic E-state index is 0.139. The van der Waals surface area contributed by atoms with E-state index in [1.807, 2.05) is 30.5 Å². The number of hydrogen-bond acceptors (Lipinski definition) is 5. The van der Waals surface area contributed by atoms with Crippen molar-refractivity contribution in [2.45, 2.75) is 18.9 Å². The molecule has 0 amide bonds. The third-order valence-electron chi connectivity index (χ3n) is 5.48. The molecule has 5 aromatic rings. The van der Waals surface area contributed by atoms with E-state index in [0.29, 0.717) is 0 Å². The molecule has 1 aliphatic carbocycles. The van der Waals surface area contributed by atoms with Crippen LogP contribution >= 0.6 is 11.3 Å². The number of aryl methyl sites for hydroxylation is 1. The standard InChI is InChI=1S/C22H18N6S/c23-17-7-4-14-13-15(5-6-16(14)17)28-21-18(25-22(28)19-3-1-12-29-19)8-9-20(26-21)27-11-2-10-24-27/h1-3,5-6,8-13,17H,4,7,23H2/t17-/m0/s1. The maximum Gasteiger partial charge on any atom is 0.167 e. The summed E-state index contributed by atoms with van der Waals surface area (Å²) in [5.41, 5.74) is 11.6. The van der Waals surface area contributed by atoms with E-state index in [0.717, 1.165) is 46.2 Å². The second kappa shape index (κ2) is 6.37. The van der Waals surface area contributed by atoms with Crippen LogP contribution in [0, 0.1) is 0 Å². The SMILES string of the molecule is N[C@H]1CCc2cc(-n3c(-c4cccs4)nc4ccc(-n5cccn5)nc43)ccc21. The van der Waals surface area contributed by atoms with Gasteiger partial charge in [0.15, 0.2) is 17.3 Å². The Morgan fingerprint density at radius 1 is 1.07 bits per heavy atom. The Morgan fingerprint density at radius 3 is 2.86 bits per heavy atom. The predicted molar refractivity (Wildman–Crippen MR) is 115 cm³/mol. The van der Waals surface area contributed by atoms with Crippen LogP contribution in [-0.4, -0.2) is 24.3 Å². The van der Waals surface area contributed by atoms with Crippen molar-refractivity contribution in [3.8, 4) is 22.2 Å². The zero-order chi connectivity index (χ0) is 19.4. The minimum absolute atomic E-state index is 0.139. The number of thiophene rings is 1. The zero-order valence-corrected chi connectivity index (χ0v) is 16.4. The summed E-state index contributed by atoms with van der Waals surface area (Å²) < 4.78 is 3.92. The molecule has 6 nitrogen and oxygen atoms in total. The van der Waals surface area contributed by atoms with Crippen molar-refractivity contribution in [1.82, 2.24) is 24.3 Å². The Hall–Kier alpha value is -3.29. The van der Waals surface area contributed by atoms with Crippen LogP contribution in [0.2, 0.25) is 0 Å². The first-order valence-corrected chi connectivity index (χ1v) is 10.5. The zero-order valence-electron chi connectivity index (χ0n) is 15.6. The number of rotatable bonds is 3. The molecule has 1 aliphatic rings. The molecular formula is C22H18N6S. The lowest BCUT2D eigenvalue weighted by molar-refractivity contribution is 0.713. The molecule has 6 rings (SSSR count). The topological polar surface area (TPSA) is 74.6 Å². The highest BCUT2D eigenvalue weighted by Gasteiger charge is 2.22. The quantitative estimate of drug-likeness (QED) is 0.492. The van der Waals surface area contributed by atoms with Crippen LogP contribution in [0.3, 0.4) is 0 Å². The smallest absolute Gasteiger partial charge is 0.167 e. The Labute approximate surface area is 171 Å². The Kier molecular flexibility index (Phi) is 3.65. The molecule has 0 unspecified atom stereocenters. The fraction of sp³-hybridized carbons (Fsp3) is 0.136. The second-order valence-electron chi connectivity index (χ2n) is 7.24. The van der Waals surface area contributed by atoms with Crippen LogP contribution in [0.25, 0.3) is 33.4 Å². The number of imidazole rings is 1. The molecular weight excluding hydrogens is 380 g/mol. The summed E-state index contributed by atoms with van der Waals surface area (Å²) >= 11 is 1.68. The maximum atomic E-state index is 6.25. The van der Waals surface area contributed by atoms with E-state index in [2.05, 4.69) is 39.3 Å². The number of benzene rings is 1. The van der Waals surface area contributed by atoms with E-state index < -0.39 is 0 Å². The molecule has 4 aromatic heterocycles. The van der Waals surface area contributed by atoms with Crippen molar-refractivity contribution in [1.29, 1.82) is 0 Å². The number of hydrogen-bond donors (Lipinski definition) is 1. The van der Waals surface area contributed by atoms with Gasteiger partial charge in [0.2, 0.25) is 0 Å². The van der Waals surface area contributed by atoms with E-state index >= 15 is 0 Å². The van der Waals surface area contributed by atoms with Gasteiger partial charge >= 0.3 is 0 Å². The largest absolute Gasteiger partial charge is 0.324 e. The average molecular weight is 398 g/mol. The van der Waals surface area contributed by atoms with Crippen molar-refractivity contribution in [2.75, 3.05) is 0 Å². The predicted octanol–water partition coefficient (Wildman–Crippen LogP) is 4.28. The van der Waals surface area contributed by atoms with Gasteiger partial charge in [0.25, 0.3) is 0 Å². The Morgan fingerprint density at radius 2 is 2.03 bits per heavy atom. The molecule has 1 aromatic carbocycles. The van der Waals surface area contributed by atoms with E-state index in [-0.39, 0.29) is 6.04 Å². The minimum Gasteiger partial charge on any atom is -0.324 e. The molecule has 0 radical (unpaired) electrons. The fourth-order valence-corrected chi connectivity index (χ4v) is 4.77. The van der Waals surface area contributed by atoms with Gasteiger partial charge in [0.05, 0.1) is 4.88 Å². The third kappa shape index (κ3) is 2.62. The van der Waals surface area contributed by atoms with Gasteiger partial charge < -0.3 is 5.73 Å². The summed E-state index contributed by atoms with van der Waals surface area (Å²) in [5, 5.41) is 6.39. The molecule has 2 N–H and O–H groups in total. The first-order valence-electron chi connectivity index (χ1n) is 9.60. The van der Waals surface area contributed by atoms with Crippen LogP contribution in [0.4, 0.5) is 0 Å². The fourth-order valence-electron chi connectivity index (χ4n) is 4.07. The first-order chi connectivity index (χ1) is 14.3. The summed E-state index contributed by atoms with van der Waals surface area (Å²) in [5.74, 6) is 1.67. The summed E-state index contributed by atoms with van der Waals surface area (Å²) in [7, 11) is 0. The monoisotopic (exact) mass is 398 g/mol. The molecule has 0 fully saturated rings. The highest BCUT2D eigenvalue weighted by Crippen LogP contribution is 2.35. The highest BCUT2D eigenvalue weighted by atomic mass is 32.1. The molecule has 29 heavy (non-hydrogen) atoms. The molecule has 1 atom stereocenters. The van der Waals surface area contributed by atoms with Gasteiger partial charge in [-0.3, -0.25) is 4.57 Å². The number of nitrogens with zero attached hydrogens (tertiary/aromatic N) is 5. The van der Waals surface area contributed by atoms with Gasteiger partial charge in [-0.15, -0.1) is 11.3 Å². The summed E-state index contributed by atoms with van der Waals surface area (Å²) in [6, 6.07) is 16.7. The van der Waals surface area contributed by atoms with Crippen molar-refractivity contribution in [3.63, 3.8) is 0 Å². The normalized spacial score (nSPS) is 15.8. The van der Waals surface area contributed by atoms with Crippen LogP contribution in [0.1, 0.15) is 23.6 Å². The lowest BCUT2D eigenvalue weighted by atomic mass is 10.1. The second-order valence-corrected chi connectivity index (χ2v) is 8.19. The van der Waals surface area contributed by atoms with Gasteiger partial charge in [0, 0.05) is 24.1 Å². The van der Waals surface area contributed by atoms with Gasteiger partial charge in [-0.05, 0) is 65.7 Å². The van der Waals surface area contributed by atoms with Crippen molar-refractivity contribution < 1.29 is 0 Å². The summed E-state index contributed by atoms with van der Waals surface area (Å²) in [6.07, 6.45) is 5.66. The average Bonchev–Trinajstić information content (AvgIpc) is 3.53. The van der Waals surface area contributed by atoms with E-state index in [9.17, 15) is 0 Å². The Bertz CT molecular complexity index is 1320. The van der Waals surface area contributed by atoms with Crippen LogP contribution in [0.5, 0.6) is 0 Å². The molecule has 7 heteroatoms. The van der Waals surface area contributed by atoms with Crippen molar-refractivity contribution in [3.05, 3.63) is 77.4 Å². The number of fused-ring (bicyclic) bond motifs is 2. The molecule has 4 heterocycles. The van der Waals surface area contributed by atoms with Crippen LogP contribution < -0.4 is 5.73 Å². The highest BCUT2D eigenvalue weighted by molar-refractivity contribution is 7.13. The van der Waals surface area contributed by atoms with Crippen molar-refractivity contribution in [2.24, 2.45) is 5.73 Å². The van der Waals surface area contributed by atoms with Gasteiger partial charge in [-0.2, -0.15) is 5.10 Å². The molecule has 142 valence electrons. The summed E-state index contributed by atoms with van der Waals surface area (Å²) in [4.78, 5) is 10.9. The van der Waals surface area contributed by atoms with Crippen molar-refractivity contribution >= 4 is 22.5 Å². The molecule has 0 saturated carbocycles. The number of nitrogens with two attached hydrogens (primary N) is 1. The maximum absolute atomic E-state index is 6.25.